The van der Waals surface area contributed by atoms with Crippen LogP contribution in [0.3, 0.4) is 0 Å². The second-order valence-corrected chi connectivity index (χ2v) is 1.61. The number of hydrogen-bond donors (Lipinski definition) is 4. The Morgan fingerprint density at radius 3 is 0.944 bits per heavy atom. The van der Waals surface area contributed by atoms with E-state index in [1.165, 1.54) is 0 Å². The van der Waals surface area contributed by atoms with Crippen LogP contribution in [-0.4, -0.2) is 28.1 Å². The molecule has 0 aromatic heterocycles. The van der Waals surface area contributed by atoms with Crippen molar-refractivity contribution in [1.82, 2.24) is 12.3 Å². The summed E-state index contributed by atoms with van der Waals surface area (Å²) in [7, 11) is 0. The van der Waals surface area contributed by atoms with Gasteiger partial charge in [-0.15, -0.1) is 0 Å². The van der Waals surface area contributed by atoms with Gasteiger partial charge in [-0.2, -0.15) is 0 Å². The van der Waals surface area contributed by atoms with Gasteiger partial charge in [-0.05, 0) is 6.08 Å². The molecule has 0 aromatic carbocycles. The van der Waals surface area contributed by atoms with Gasteiger partial charge in [0.1, 0.15) is 0 Å². The maximum absolute atomic E-state index is 9.25. The maximum Gasteiger partial charge on any atom is 1.00 e. The summed E-state index contributed by atoms with van der Waals surface area (Å²) in [6.45, 7) is 8.82. The van der Waals surface area contributed by atoms with Gasteiger partial charge in [0.15, 0.2) is 0 Å². The molecule has 0 rings (SSSR count). The van der Waals surface area contributed by atoms with E-state index in [9.17, 15) is 9.59 Å². The first-order valence-electron chi connectivity index (χ1n) is 3.35. The van der Waals surface area contributed by atoms with Crippen LogP contribution in [0.5, 0.6) is 0 Å². The van der Waals surface area contributed by atoms with Crippen LogP contribution in [-0.2, 0) is 14.4 Å². The van der Waals surface area contributed by atoms with Gasteiger partial charge in [0, 0.05) is 12.2 Å². The Kier molecular flexibility index (Phi) is 59.6. The number of hydrogen-bond acceptors (Lipinski definition) is 6. The summed E-state index contributed by atoms with van der Waals surface area (Å²) in [5.41, 5.74) is 0. The first-order chi connectivity index (χ1) is 6.81. The Hall–Kier alpha value is -0.814. The number of carbonyl (C=O) groups is 3. The number of carboxylic acid groups (broad SMARTS) is 3. The fourth-order valence-corrected chi connectivity index (χ4v) is 0. The van der Waals surface area contributed by atoms with Crippen LogP contribution >= 0.6 is 0 Å². The molecule has 0 aliphatic rings. The Balaban J connectivity index is -0.0000000277. The molecule has 0 radical (unpaired) electrons. The van der Waals surface area contributed by atoms with E-state index in [-0.39, 0.29) is 63.7 Å². The van der Waals surface area contributed by atoms with Gasteiger partial charge in [-0.1, -0.05) is 19.7 Å². The fourth-order valence-electron chi connectivity index (χ4n) is 0. The van der Waals surface area contributed by atoms with Crippen molar-refractivity contribution in [3.63, 3.8) is 0 Å². The van der Waals surface area contributed by atoms with Crippen molar-refractivity contribution >= 4 is 17.9 Å². The van der Waals surface area contributed by atoms with E-state index in [0.717, 1.165) is 18.2 Å². The molecule has 0 amide bonds. The smallest absolute Gasteiger partial charge is 0.545 e. The Labute approximate surface area is 148 Å². The molecule has 0 spiro atoms. The minimum Gasteiger partial charge on any atom is -0.545 e. The molecule has 18 heavy (non-hydrogen) atoms. The SMILES string of the molecule is C=CC(=O)O.C=CC(=O)O.C=CC(=O)[O-].N.N.[K+]. The quantitative estimate of drug-likeness (QED) is 0.308. The van der Waals surface area contributed by atoms with Crippen LogP contribution in [0, 0.1) is 0 Å². The fraction of sp³-hybridized carbons (Fsp3) is 0. The molecule has 100 valence electrons. The molecular formula is C9H17KN2O6. The van der Waals surface area contributed by atoms with E-state index < -0.39 is 17.9 Å². The van der Waals surface area contributed by atoms with Gasteiger partial charge in [0.05, 0.1) is 5.97 Å². The molecule has 0 aliphatic carbocycles. The predicted octanol–water partition coefficient (Wildman–Crippen LogP) is -3.24. The molecule has 9 heteroatoms. The number of aliphatic carboxylic acids is 3. The van der Waals surface area contributed by atoms with E-state index in [1.807, 2.05) is 0 Å². The zero-order valence-corrected chi connectivity index (χ0v) is 13.4. The van der Waals surface area contributed by atoms with Crippen molar-refractivity contribution in [2.45, 2.75) is 0 Å². The molecule has 0 saturated carbocycles. The zero-order chi connectivity index (χ0) is 12.9. The van der Waals surface area contributed by atoms with Crippen LogP contribution < -0.4 is 68.8 Å². The largest absolute Gasteiger partial charge is 1.00 e. The average molecular weight is 288 g/mol. The minimum absolute atomic E-state index is 0. The molecule has 8 N–H and O–H groups in total. The second-order valence-electron chi connectivity index (χ2n) is 1.61. The Bertz CT molecular complexity index is 225. The maximum atomic E-state index is 9.25. The van der Waals surface area contributed by atoms with Crippen molar-refractivity contribution in [3.05, 3.63) is 38.0 Å². The monoisotopic (exact) mass is 288 g/mol. The van der Waals surface area contributed by atoms with Crippen LogP contribution in [0.25, 0.3) is 0 Å². The van der Waals surface area contributed by atoms with Crippen LogP contribution in [0.4, 0.5) is 0 Å². The Morgan fingerprint density at radius 1 is 0.833 bits per heavy atom. The van der Waals surface area contributed by atoms with Crippen LogP contribution in [0.2, 0.25) is 0 Å². The summed E-state index contributed by atoms with van der Waals surface area (Å²) in [6.07, 6.45) is 2.39. The zero-order valence-electron chi connectivity index (χ0n) is 10.3. The van der Waals surface area contributed by atoms with Crippen molar-refractivity contribution in [1.29, 1.82) is 0 Å². The third kappa shape index (κ3) is 114. The summed E-state index contributed by atoms with van der Waals surface area (Å²) in [6, 6.07) is 0. The van der Waals surface area contributed by atoms with Gasteiger partial charge < -0.3 is 32.4 Å². The average Bonchev–Trinajstić information content (AvgIpc) is 2.19. The second kappa shape index (κ2) is 29.8. The van der Waals surface area contributed by atoms with Crippen LogP contribution in [0.15, 0.2) is 38.0 Å². The molecule has 0 atom stereocenters. The molecule has 0 aliphatic heterocycles. The van der Waals surface area contributed by atoms with E-state index in [4.69, 9.17) is 20.1 Å². The molecule has 0 bridgehead atoms. The van der Waals surface area contributed by atoms with Crippen molar-refractivity contribution in [2.75, 3.05) is 0 Å². The van der Waals surface area contributed by atoms with Gasteiger partial charge in [-0.25, -0.2) is 9.59 Å². The molecule has 0 heterocycles. The molecular weight excluding hydrogens is 271 g/mol. The topological polar surface area (TPSA) is 185 Å². The van der Waals surface area contributed by atoms with Crippen LogP contribution in [0.1, 0.15) is 0 Å². The number of carbonyl (C=O) groups excluding carboxylic acids is 1. The van der Waals surface area contributed by atoms with Crippen molar-refractivity contribution in [3.8, 4) is 0 Å². The number of rotatable bonds is 3. The van der Waals surface area contributed by atoms with Crippen molar-refractivity contribution < 1.29 is 81.1 Å². The molecule has 8 nitrogen and oxygen atoms in total. The molecule has 0 fully saturated rings. The summed E-state index contributed by atoms with van der Waals surface area (Å²) < 4.78 is 0. The number of carboxylic acids is 3. The molecule has 0 aromatic rings. The van der Waals surface area contributed by atoms with Crippen molar-refractivity contribution in [2.24, 2.45) is 0 Å². The molecule has 0 unspecified atom stereocenters. The standard InChI is InChI=1S/3C3H4O2.K.2H3N/c3*1-2-3(4)5;;;/h3*2H,1H2,(H,4,5);;2*1H3/q;;;+1;;/p-1. The van der Waals surface area contributed by atoms with Gasteiger partial charge in [-0.3, -0.25) is 0 Å². The minimum atomic E-state index is -1.23. The third-order valence-corrected chi connectivity index (χ3v) is 0.516. The molecule has 0 saturated heterocycles. The summed E-state index contributed by atoms with van der Waals surface area (Å²) >= 11 is 0. The summed E-state index contributed by atoms with van der Waals surface area (Å²) in [5.74, 6) is -3.19. The summed E-state index contributed by atoms with van der Waals surface area (Å²) in [5, 5.41) is 24.3. The normalized spacial score (nSPS) is 5.33. The summed E-state index contributed by atoms with van der Waals surface area (Å²) in [4.78, 5) is 27.6. The first-order valence-corrected chi connectivity index (χ1v) is 3.35. The van der Waals surface area contributed by atoms with E-state index in [1.54, 1.807) is 0 Å². The van der Waals surface area contributed by atoms with E-state index >= 15 is 0 Å². The third-order valence-electron chi connectivity index (χ3n) is 0.516. The Morgan fingerprint density at radius 2 is 0.944 bits per heavy atom. The van der Waals surface area contributed by atoms with Gasteiger partial charge in [0.25, 0.3) is 0 Å². The first kappa shape index (κ1) is 36.0. The van der Waals surface area contributed by atoms with E-state index in [2.05, 4.69) is 19.7 Å². The van der Waals surface area contributed by atoms with Gasteiger partial charge >= 0.3 is 63.3 Å². The predicted molar refractivity (Wildman–Crippen MR) is 60.9 cm³/mol. The van der Waals surface area contributed by atoms with Gasteiger partial charge in [0.2, 0.25) is 0 Å². The van der Waals surface area contributed by atoms with E-state index in [0.29, 0.717) is 0 Å².